The van der Waals surface area contributed by atoms with Gasteiger partial charge in [-0.05, 0) is 31.8 Å². The van der Waals surface area contributed by atoms with Crippen molar-refractivity contribution in [2.24, 2.45) is 0 Å². The van der Waals surface area contributed by atoms with E-state index in [-0.39, 0.29) is 0 Å². The highest BCUT2D eigenvalue weighted by molar-refractivity contribution is 7.99. The molecule has 1 heterocycles. The molecule has 0 aliphatic carbocycles. The fourth-order valence-electron chi connectivity index (χ4n) is 1.35. The van der Waals surface area contributed by atoms with Crippen LogP contribution in [0.2, 0.25) is 0 Å². The maximum absolute atomic E-state index is 4.17. The van der Waals surface area contributed by atoms with E-state index in [9.17, 15) is 0 Å². The van der Waals surface area contributed by atoms with Crippen molar-refractivity contribution in [2.75, 3.05) is 11.5 Å². The van der Waals surface area contributed by atoms with Gasteiger partial charge in [-0.2, -0.15) is 11.8 Å². The highest BCUT2D eigenvalue weighted by Crippen LogP contribution is 2.04. The number of aryl methyl sites for hydroxylation is 1. The quantitative estimate of drug-likeness (QED) is 0.702. The lowest BCUT2D eigenvalue weighted by atomic mass is 10.2. The third-order valence-corrected chi connectivity index (χ3v) is 3.23. The first-order chi connectivity index (χ1) is 7.22. The summed E-state index contributed by atoms with van der Waals surface area (Å²) in [7, 11) is 0. The Kier molecular flexibility index (Phi) is 5.79. The molecule has 1 rings (SSSR count). The predicted octanol–water partition coefficient (Wildman–Crippen LogP) is 2.34. The molecule has 86 valence electrons. The Hall–Kier alpha value is -0.480. The van der Waals surface area contributed by atoms with E-state index in [1.165, 1.54) is 23.6 Å². The summed E-state index contributed by atoms with van der Waals surface area (Å²) in [5, 5.41) is 3.49. The number of nitrogens with one attached hydrogen (secondary N) is 2. The van der Waals surface area contributed by atoms with E-state index in [1.807, 2.05) is 24.9 Å². The zero-order valence-corrected chi connectivity index (χ0v) is 10.7. The van der Waals surface area contributed by atoms with Gasteiger partial charge in [0.15, 0.2) is 0 Å². The molecule has 0 radical (unpaired) electrons. The van der Waals surface area contributed by atoms with Crippen molar-refractivity contribution < 1.29 is 0 Å². The van der Waals surface area contributed by atoms with Gasteiger partial charge >= 0.3 is 0 Å². The highest BCUT2D eigenvalue weighted by Gasteiger charge is 2.02. The van der Waals surface area contributed by atoms with Crippen molar-refractivity contribution in [3.05, 3.63) is 17.7 Å². The first kappa shape index (κ1) is 12.6. The highest BCUT2D eigenvalue weighted by atomic mass is 32.2. The molecule has 0 spiro atoms. The molecule has 3 nitrogen and oxygen atoms in total. The van der Waals surface area contributed by atoms with E-state index in [0.29, 0.717) is 6.04 Å². The lowest BCUT2D eigenvalue weighted by Gasteiger charge is -2.12. The van der Waals surface area contributed by atoms with Crippen molar-refractivity contribution in [2.45, 2.75) is 39.8 Å². The second kappa shape index (κ2) is 6.90. The molecule has 0 amide bonds. The zero-order chi connectivity index (χ0) is 11.1. The van der Waals surface area contributed by atoms with Gasteiger partial charge in [-0.1, -0.05) is 6.92 Å². The summed E-state index contributed by atoms with van der Waals surface area (Å²) in [6.45, 7) is 7.30. The van der Waals surface area contributed by atoms with Gasteiger partial charge < -0.3 is 10.3 Å². The number of hydrogen-bond donors (Lipinski definition) is 2. The topological polar surface area (TPSA) is 40.7 Å². The van der Waals surface area contributed by atoms with E-state index in [0.717, 1.165) is 12.4 Å². The summed E-state index contributed by atoms with van der Waals surface area (Å²) in [6, 6.07) is 0.577. The molecule has 0 bridgehead atoms. The van der Waals surface area contributed by atoms with E-state index in [4.69, 9.17) is 0 Å². The number of aromatic nitrogens is 2. The largest absolute Gasteiger partial charge is 0.345 e. The number of rotatable bonds is 7. The molecule has 15 heavy (non-hydrogen) atoms. The van der Waals surface area contributed by atoms with Crippen molar-refractivity contribution in [1.29, 1.82) is 0 Å². The van der Waals surface area contributed by atoms with Crippen LogP contribution in [0.4, 0.5) is 0 Å². The zero-order valence-electron chi connectivity index (χ0n) is 9.84. The minimum Gasteiger partial charge on any atom is -0.345 e. The maximum Gasteiger partial charge on any atom is 0.103 e. The van der Waals surface area contributed by atoms with Crippen molar-refractivity contribution in [3.8, 4) is 0 Å². The number of aromatic amines is 1. The standard InChI is InChI=1S/C11H21N3S/c1-4-15-6-5-9(2)12-7-11-8-13-10(3)14-11/h8-9,12H,4-7H2,1-3H3,(H,13,14). The van der Waals surface area contributed by atoms with Gasteiger partial charge in [0.2, 0.25) is 0 Å². The van der Waals surface area contributed by atoms with Gasteiger partial charge in [0.1, 0.15) is 5.82 Å². The number of H-pyrrole nitrogens is 1. The van der Waals surface area contributed by atoms with E-state index in [2.05, 4.69) is 29.1 Å². The third-order valence-electron chi connectivity index (χ3n) is 2.30. The molecular weight excluding hydrogens is 206 g/mol. The molecule has 0 aliphatic rings. The van der Waals surface area contributed by atoms with Crippen LogP contribution in [0.5, 0.6) is 0 Å². The predicted molar refractivity (Wildman–Crippen MR) is 67.2 cm³/mol. The summed E-state index contributed by atoms with van der Waals surface area (Å²) < 4.78 is 0. The maximum atomic E-state index is 4.17. The summed E-state index contributed by atoms with van der Waals surface area (Å²) in [6.07, 6.45) is 3.13. The minimum absolute atomic E-state index is 0.577. The Morgan fingerprint density at radius 1 is 1.60 bits per heavy atom. The first-order valence-electron chi connectivity index (χ1n) is 5.54. The van der Waals surface area contributed by atoms with Crippen molar-refractivity contribution in [3.63, 3.8) is 0 Å². The average Bonchev–Trinajstić information content (AvgIpc) is 2.62. The molecule has 0 aliphatic heterocycles. The Morgan fingerprint density at radius 3 is 3.00 bits per heavy atom. The summed E-state index contributed by atoms with van der Waals surface area (Å²) in [5.41, 5.74) is 1.17. The molecule has 0 saturated carbocycles. The fourth-order valence-corrected chi connectivity index (χ4v) is 2.16. The van der Waals surface area contributed by atoms with Crippen LogP contribution < -0.4 is 5.32 Å². The Morgan fingerprint density at radius 2 is 2.40 bits per heavy atom. The minimum atomic E-state index is 0.577. The number of imidazole rings is 1. The van der Waals surface area contributed by atoms with E-state index >= 15 is 0 Å². The third kappa shape index (κ3) is 5.23. The second-order valence-electron chi connectivity index (χ2n) is 3.76. The number of nitrogens with zero attached hydrogens (tertiary/aromatic N) is 1. The Balaban J connectivity index is 2.13. The number of hydrogen-bond acceptors (Lipinski definition) is 3. The van der Waals surface area contributed by atoms with Gasteiger partial charge in [0, 0.05) is 24.5 Å². The smallest absolute Gasteiger partial charge is 0.103 e. The molecule has 0 saturated heterocycles. The Labute approximate surface area is 96.5 Å². The Bertz CT molecular complexity index is 273. The van der Waals surface area contributed by atoms with Crippen LogP contribution in [-0.4, -0.2) is 27.5 Å². The fraction of sp³-hybridized carbons (Fsp3) is 0.727. The van der Waals surface area contributed by atoms with Crippen LogP contribution in [0.15, 0.2) is 6.20 Å². The van der Waals surface area contributed by atoms with Gasteiger partial charge in [-0.3, -0.25) is 0 Å². The summed E-state index contributed by atoms with van der Waals surface area (Å²) in [4.78, 5) is 7.39. The molecule has 0 aromatic carbocycles. The molecule has 1 atom stereocenters. The average molecular weight is 227 g/mol. The van der Waals surface area contributed by atoms with Crippen LogP contribution in [0.25, 0.3) is 0 Å². The summed E-state index contributed by atoms with van der Waals surface area (Å²) >= 11 is 2.00. The van der Waals surface area contributed by atoms with Crippen LogP contribution in [-0.2, 0) is 6.54 Å². The van der Waals surface area contributed by atoms with E-state index < -0.39 is 0 Å². The van der Waals surface area contributed by atoms with Crippen LogP contribution in [0.1, 0.15) is 31.8 Å². The van der Waals surface area contributed by atoms with Crippen molar-refractivity contribution >= 4 is 11.8 Å². The second-order valence-corrected chi connectivity index (χ2v) is 5.16. The molecule has 1 aromatic rings. The van der Waals surface area contributed by atoms with Crippen LogP contribution >= 0.6 is 11.8 Å². The lowest BCUT2D eigenvalue weighted by Crippen LogP contribution is -2.26. The first-order valence-corrected chi connectivity index (χ1v) is 6.69. The van der Waals surface area contributed by atoms with Crippen LogP contribution in [0, 0.1) is 6.92 Å². The van der Waals surface area contributed by atoms with Gasteiger partial charge in [-0.25, -0.2) is 4.98 Å². The molecular formula is C11H21N3S. The molecule has 2 N–H and O–H groups in total. The molecule has 1 unspecified atom stereocenters. The number of thioether (sulfide) groups is 1. The summed E-state index contributed by atoms with van der Waals surface area (Å²) in [5.74, 6) is 3.44. The molecule has 1 aromatic heterocycles. The molecule has 0 fully saturated rings. The van der Waals surface area contributed by atoms with Gasteiger partial charge in [-0.15, -0.1) is 0 Å². The lowest BCUT2D eigenvalue weighted by molar-refractivity contribution is 0.533. The van der Waals surface area contributed by atoms with Crippen LogP contribution in [0.3, 0.4) is 0 Å². The van der Waals surface area contributed by atoms with Gasteiger partial charge in [0.25, 0.3) is 0 Å². The van der Waals surface area contributed by atoms with Crippen molar-refractivity contribution in [1.82, 2.24) is 15.3 Å². The molecule has 4 heteroatoms. The normalized spacial score (nSPS) is 13.0. The van der Waals surface area contributed by atoms with E-state index in [1.54, 1.807) is 0 Å². The monoisotopic (exact) mass is 227 g/mol. The van der Waals surface area contributed by atoms with Gasteiger partial charge in [0.05, 0.1) is 0 Å². The SMILES string of the molecule is CCSCCC(C)NCc1cnc(C)[nH]1.